The van der Waals surface area contributed by atoms with Gasteiger partial charge >= 0.3 is 0 Å². The number of hydrogen-bond donors (Lipinski definition) is 1. The third-order valence-electron chi connectivity index (χ3n) is 2.99. The van der Waals surface area contributed by atoms with E-state index >= 15 is 0 Å². The van der Waals surface area contributed by atoms with E-state index in [0.717, 1.165) is 32.0 Å². The van der Waals surface area contributed by atoms with Crippen molar-refractivity contribution in [1.82, 2.24) is 5.32 Å². The molecule has 0 amide bonds. The van der Waals surface area contributed by atoms with Gasteiger partial charge in [0.2, 0.25) is 0 Å². The van der Waals surface area contributed by atoms with Crippen LogP contribution in [0.5, 0.6) is 5.75 Å². The van der Waals surface area contributed by atoms with Crippen molar-refractivity contribution in [2.45, 2.75) is 6.10 Å². The fraction of sp³-hybridized carbons (Fsp3) is 0.538. The molecule has 1 aromatic rings. The molecule has 94 valence electrons. The highest BCUT2D eigenvalue weighted by molar-refractivity contribution is 5.51. The van der Waals surface area contributed by atoms with Gasteiger partial charge in [0.05, 0.1) is 19.8 Å². The molecule has 0 spiro atoms. The molecule has 1 fully saturated rings. The van der Waals surface area contributed by atoms with Crippen LogP contribution >= 0.6 is 0 Å². The lowest BCUT2D eigenvalue weighted by Gasteiger charge is -2.34. The summed E-state index contributed by atoms with van der Waals surface area (Å²) in [7, 11) is 3.65. The second-order valence-corrected chi connectivity index (χ2v) is 4.20. The van der Waals surface area contributed by atoms with Crippen molar-refractivity contribution >= 4 is 5.69 Å². The molecule has 1 N–H and O–H groups in total. The molecule has 1 heterocycles. The van der Waals surface area contributed by atoms with Gasteiger partial charge in [0.15, 0.2) is 0 Å². The first-order chi connectivity index (χ1) is 8.33. The maximum atomic E-state index is 5.69. The van der Waals surface area contributed by atoms with Gasteiger partial charge in [-0.1, -0.05) is 6.07 Å². The highest BCUT2D eigenvalue weighted by Gasteiger charge is 2.20. The minimum atomic E-state index is 0.264. The molecule has 0 aliphatic carbocycles. The monoisotopic (exact) mass is 236 g/mol. The van der Waals surface area contributed by atoms with Gasteiger partial charge in [0, 0.05) is 31.4 Å². The van der Waals surface area contributed by atoms with Crippen molar-refractivity contribution in [1.29, 1.82) is 0 Å². The number of nitrogens with zero attached hydrogens (tertiary/aromatic N) is 1. The summed E-state index contributed by atoms with van der Waals surface area (Å²) in [5, 5.41) is 3.16. The van der Waals surface area contributed by atoms with Crippen LogP contribution in [0.25, 0.3) is 0 Å². The lowest BCUT2D eigenvalue weighted by Crippen LogP contribution is -2.46. The third kappa shape index (κ3) is 3.11. The number of benzene rings is 1. The Morgan fingerprint density at radius 1 is 1.53 bits per heavy atom. The number of anilines is 1. The zero-order valence-corrected chi connectivity index (χ0v) is 10.5. The first kappa shape index (κ1) is 12.2. The number of ether oxygens (including phenoxy) is 2. The van der Waals surface area contributed by atoms with Gasteiger partial charge in [-0.15, -0.1) is 0 Å². The van der Waals surface area contributed by atoms with Crippen molar-refractivity contribution in [2.24, 2.45) is 0 Å². The second kappa shape index (κ2) is 5.89. The van der Waals surface area contributed by atoms with E-state index in [1.165, 1.54) is 5.69 Å². The average Bonchev–Trinajstić information content (AvgIpc) is 2.40. The van der Waals surface area contributed by atoms with Crippen LogP contribution in [0, 0.1) is 0 Å². The number of methoxy groups -OCH3 is 1. The summed E-state index contributed by atoms with van der Waals surface area (Å²) in [6.07, 6.45) is 0.264. The zero-order chi connectivity index (χ0) is 12.1. The molecule has 1 unspecified atom stereocenters. The third-order valence-corrected chi connectivity index (χ3v) is 2.99. The van der Waals surface area contributed by atoms with Gasteiger partial charge in [-0.2, -0.15) is 0 Å². The number of nitrogens with one attached hydrogen (secondary N) is 1. The van der Waals surface area contributed by atoms with Crippen molar-refractivity contribution in [3.8, 4) is 5.75 Å². The van der Waals surface area contributed by atoms with E-state index in [2.05, 4.69) is 22.3 Å². The summed E-state index contributed by atoms with van der Waals surface area (Å²) in [5.41, 5.74) is 1.20. The molecule has 0 bridgehead atoms. The van der Waals surface area contributed by atoms with Crippen LogP contribution in [-0.2, 0) is 4.74 Å². The van der Waals surface area contributed by atoms with Crippen LogP contribution in [0.3, 0.4) is 0 Å². The minimum Gasteiger partial charge on any atom is -0.497 e. The number of hydrogen-bond acceptors (Lipinski definition) is 4. The number of rotatable bonds is 4. The molecule has 0 saturated carbocycles. The molecular formula is C13H20N2O2. The van der Waals surface area contributed by atoms with Crippen molar-refractivity contribution < 1.29 is 9.47 Å². The Bertz CT molecular complexity index is 355. The topological polar surface area (TPSA) is 33.7 Å². The van der Waals surface area contributed by atoms with Crippen LogP contribution in [0.2, 0.25) is 0 Å². The molecule has 0 radical (unpaired) electrons. The Morgan fingerprint density at radius 2 is 2.41 bits per heavy atom. The molecule has 4 nitrogen and oxygen atoms in total. The predicted octanol–water partition coefficient (Wildman–Crippen LogP) is 1.12. The quantitative estimate of drug-likeness (QED) is 0.849. The molecule has 1 aromatic carbocycles. The summed E-state index contributed by atoms with van der Waals surface area (Å²) in [5.74, 6) is 0.902. The van der Waals surface area contributed by atoms with Crippen LogP contribution in [0.4, 0.5) is 5.69 Å². The molecule has 17 heavy (non-hydrogen) atoms. The maximum Gasteiger partial charge on any atom is 0.120 e. The predicted molar refractivity (Wildman–Crippen MR) is 68.9 cm³/mol. The fourth-order valence-electron chi connectivity index (χ4n) is 2.11. The Hall–Kier alpha value is -1.26. The molecule has 1 aliphatic rings. The largest absolute Gasteiger partial charge is 0.497 e. The smallest absolute Gasteiger partial charge is 0.120 e. The van der Waals surface area contributed by atoms with Gasteiger partial charge in [0.1, 0.15) is 5.75 Å². The summed E-state index contributed by atoms with van der Waals surface area (Å²) in [4.78, 5) is 2.34. The molecular weight excluding hydrogens is 216 g/mol. The SMILES string of the molecule is CNCC1CN(c2cccc(OC)c2)CCO1. The van der Waals surface area contributed by atoms with Crippen molar-refractivity contribution in [3.63, 3.8) is 0 Å². The molecule has 1 aliphatic heterocycles. The van der Waals surface area contributed by atoms with Crippen LogP contribution < -0.4 is 15.0 Å². The molecule has 1 saturated heterocycles. The summed E-state index contributed by atoms with van der Waals surface area (Å²) >= 11 is 0. The normalized spacial score (nSPS) is 20.4. The Balaban J connectivity index is 2.05. The highest BCUT2D eigenvalue weighted by atomic mass is 16.5. The van der Waals surface area contributed by atoms with Gasteiger partial charge in [0.25, 0.3) is 0 Å². The number of morpholine rings is 1. The molecule has 4 heteroatoms. The first-order valence-corrected chi connectivity index (χ1v) is 5.98. The van der Waals surface area contributed by atoms with Crippen LogP contribution in [0.1, 0.15) is 0 Å². The zero-order valence-electron chi connectivity index (χ0n) is 10.5. The lowest BCUT2D eigenvalue weighted by molar-refractivity contribution is 0.0421. The molecule has 0 aromatic heterocycles. The first-order valence-electron chi connectivity index (χ1n) is 5.98. The highest BCUT2D eigenvalue weighted by Crippen LogP contribution is 2.22. The second-order valence-electron chi connectivity index (χ2n) is 4.20. The van der Waals surface area contributed by atoms with Crippen molar-refractivity contribution in [3.05, 3.63) is 24.3 Å². The minimum absolute atomic E-state index is 0.264. The standard InChI is InChI=1S/C13H20N2O2/c1-14-9-13-10-15(6-7-17-13)11-4-3-5-12(8-11)16-2/h3-5,8,13-14H,6-7,9-10H2,1-2H3. The van der Waals surface area contributed by atoms with Gasteiger partial charge in [-0.25, -0.2) is 0 Å². The Morgan fingerprint density at radius 3 is 3.18 bits per heavy atom. The lowest BCUT2D eigenvalue weighted by atomic mass is 10.2. The van der Waals surface area contributed by atoms with Gasteiger partial charge in [-0.05, 0) is 19.2 Å². The average molecular weight is 236 g/mol. The maximum absolute atomic E-state index is 5.69. The fourth-order valence-corrected chi connectivity index (χ4v) is 2.11. The van der Waals surface area contributed by atoms with E-state index in [-0.39, 0.29) is 6.10 Å². The summed E-state index contributed by atoms with van der Waals surface area (Å²) < 4.78 is 10.9. The van der Waals surface area contributed by atoms with Crippen LogP contribution in [-0.4, -0.2) is 46.5 Å². The molecule has 1 atom stereocenters. The van der Waals surface area contributed by atoms with E-state index in [4.69, 9.17) is 9.47 Å². The molecule has 2 rings (SSSR count). The Kier molecular flexibility index (Phi) is 4.23. The van der Waals surface area contributed by atoms with E-state index < -0.39 is 0 Å². The van der Waals surface area contributed by atoms with Gasteiger partial charge < -0.3 is 19.7 Å². The summed E-state index contributed by atoms with van der Waals surface area (Å²) in [6, 6.07) is 8.18. The van der Waals surface area contributed by atoms with Gasteiger partial charge in [-0.3, -0.25) is 0 Å². The van der Waals surface area contributed by atoms with E-state index in [1.807, 2.05) is 19.2 Å². The van der Waals surface area contributed by atoms with E-state index in [1.54, 1.807) is 7.11 Å². The van der Waals surface area contributed by atoms with Crippen molar-refractivity contribution in [2.75, 3.05) is 45.3 Å². The Labute approximate surface area is 103 Å². The van der Waals surface area contributed by atoms with Crippen LogP contribution in [0.15, 0.2) is 24.3 Å². The van der Waals surface area contributed by atoms with E-state index in [9.17, 15) is 0 Å². The van der Waals surface area contributed by atoms with E-state index in [0.29, 0.717) is 0 Å². The number of likely N-dealkylation sites (N-methyl/N-ethyl adjacent to an activating group) is 1. The summed E-state index contributed by atoms with van der Waals surface area (Å²) in [6.45, 7) is 3.53.